The summed E-state index contributed by atoms with van der Waals surface area (Å²) in [7, 11) is 0. The van der Waals surface area contributed by atoms with E-state index in [1.165, 1.54) is 6.20 Å². The highest BCUT2D eigenvalue weighted by Crippen LogP contribution is 2.19. The molecule has 0 saturated heterocycles. The monoisotopic (exact) mass is 300 g/mol. The lowest BCUT2D eigenvalue weighted by atomic mass is 10.0. The topological polar surface area (TPSA) is 127 Å². The maximum Gasteiger partial charge on any atom is 0.126 e. The largest absolute Gasteiger partial charge is 0.394 e. The van der Waals surface area contributed by atoms with Crippen LogP contribution in [0.15, 0.2) is 12.4 Å². The van der Waals surface area contributed by atoms with E-state index in [2.05, 4.69) is 16.9 Å². The van der Waals surface area contributed by atoms with Crippen LogP contribution in [0, 0.1) is 0 Å². The summed E-state index contributed by atoms with van der Waals surface area (Å²) in [5.74, 6) is 0. The summed E-state index contributed by atoms with van der Waals surface area (Å²) in [6.45, 7) is 1.38. The van der Waals surface area contributed by atoms with Gasteiger partial charge in [0.25, 0.3) is 0 Å². The normalized spacial score (nSPS) is 17.2. The fourth-order valence-corrected chi connectivity index (χ4v) is 1.94. The van der Waals surface area contributed by atoms with Gasteiger partial charge in [0.05, 0.1) is 24.2 Å². The third-order valence-corrected chi connectivity index (χ3v) is 3.30. The van der Waals surface area contributed by atoms with Crippen LogP contribution in [0.5, 0.6) is 0 Å². The Morgan fingerprint density at radius 1 is 1.05 bits per heavy atom. The summed E-state index contributed by atoms with van der Waals surface area (Å²) in [5, 5.41) is 47.4. The molecule has 0 aliphatic heterocycles. The van der Waals surface area contributed by atoms with Crippen LogP contribution in [0.2, 0.25) is 0 Å². The predicted octanol–water partition coefficient (Wildman–Crippen LogP) is -0.682. The number of rotatable bonds is 9. The van der Waals surface area contributed by atoms with Crippen molar-refractivity contribution in [1.82, 2.24) is 9.97 Å². The number of aryl methyl sites for hydroxylation is 1. The molecular formula is C14H24N2O5. The van der Waals surface area contributed by atoms with E-state index >= 15 is 0 Å². The lowest BCUT2D eigenvalue weighted by Crippen LogP contribution is -2.42. The van der Waals surface area contributed by atoms with Crippen molar-refractivity contribution in [3.8, 4) is 0 Å². The number of hydrogen-bond acceptors (Lipinski definition) is 7. The van der Waals surface area contributed by atoms with E-state index in [0.717, 1.165) is 25.7 Å². The Morgan fingerprint density at radius 2 is 1.76 bits per heavy atom. The molecule has 0 aliphatic rings. The highest BCUT2D eigenvalue weighted by Gasteiger charge is 2.31. The molecule has 0 fully saturated rings. The van der Waals surface area contributed by atoms with Crippen LogP contribution < -0.4 is 0 Å². The van der Waals surface area contributed by atoms with E-state index in [1.807, 2.05) is 0 Å². The summed E-state index contributed by atoms with van der Waals surface area (Å²) in [5.41, 5.74) is 0.824. The molecule has 7 heteroatoms. The molecule has 0 spiro atoms. The highest BCUT2D eigenvalue weighted by atomic mass is 16.4. The second-order valence-corrected chi connectivity index (χ2v) is 5.07. The van der Waals surface area contributed by atoms with Crippen molar-refractivity contribution in [1.29, 1.82) is 0 Å². The van der Waals surface area contributed by atoms with Crippen LogP contribution in [0.3, 0.4) is 0 Å². The molecule has 0 saturated carbocycles. The van der Waals surface area contributed by atoms with Gasteiger partial charge in [0.1, 0.15) is 24.4 Å². The number of nitrogens with zero attached hydrogens (tertiary/aromatic N) is 2. The van der Waals surface area contributed by atoms with E-state index in [1.54, 1.807) is 6.20 Å². The fourth-order valence-electron chi connectivity index (χ4n) is 1.94. The number of aliphatic hydroxyl groups excluding tert-OH is 5. The van der Waals surface area contributed by atoms with Crippen LogP contribution in [0.4, 0.5) is 0 Å². The standard InChI is InChI=1S/C14H24N2O5/c1-2-3-4-5-9-6-15-7-10(16-9)12(19)14(21)13(20)11(18)8-17/h6-7,11-14,17-21H,2-5,8H2,1H3/t11-,12-,13-,14+/m1/s1. The molecule has 4 atom stereocenters. The average molecular weight is 300 g/mol. The first-order chi connectivity index (χ1) is 10.0. The minimum atomic E-state index is -1.67. The molecule has 7 nitrogen and oxygen atoms in total. The summed E-state index contributed by atoms with van der Waals surface area (Å²) in [6.07, 6.45) is 0.376. The smallest absolute Gasteiger partial charge is 0.126 e. The van der Waals surface area contributed by atoms with E-state index < -0.39 is 31.0 Å². The Labute approximate surface area is 123 Å². The van der Waals surface area contributed by atoms with Crippen molar-refractivity contribution in [3.05, 3.63) is 23.8 Å². The first-order valence-electron chi connectivity index (χ1n) is 7.15. The zero-order valence-corrected chi connectivity index (χ0v) is 12.1. The second-order valence-electron chi connectivity index (χ2n) is 5.07. The van der Waals surface area contributed by atoms with Gasteiger partial charge in [-0.15, -0.1) is 0 Å². The maximum atomic E-state index is 9.99. The predicted molar refractivity (Wildman–Crippen MR) is 75.3 cm³/mol. The Morgan fingerprint density at radius 3 is 2.38 bits per heavy atom. The Hall–Kier alpha value is -1.12. The molecule has 120 valence electrons. The van der Waals surface area contributed by atoms with Gasteiger partial charge < -0.3 is 25.5 Å². The molecule has 0 bridgehead atoms. The molecule has 5 N–H and O–H groups in total. The third kappa shape index (κ3) is 5.29. The lowest BCUT2D eigenvalue weighted by Gasteiger charge is -2.25. The number of aromatic nitrogens is 2. The van der Waals surface area contributed by atoms with Crippen molar-refractivity contribution in [2.45, 2.75) is 57.0 Å². The van der Waals surface area contributed by atoms with Crippen LogP contribution in [-0.2, 0) is 6.42 Å². The van der Waals surface area contributed by atoms with Crippen molar-refractivity contribution >= 4 is 0 Å². The molecule has 1 aromatic heterocycles. The van der Waals surface area contributed by atoms with Gasteiger partial charge in [0.15, 0.2) is 0 Å². The van der Waals surface area contributed by atoms with Crippen molar-refractivity contribution in [2.24, 2.45) is 0 Å². The van der Waals surface area contributed by atoms with Gasteiger partial charge >= 0.3 is 0 Å². The van der Waals surface area contributed by atoms with E-state index in [-0.39, 0.29) is 5.69 Å². The second kappa shape index (κ2) is 9.01. The van der Waals surface area contributed by atoms with Gasteiger partial charge in [-0.25, -0.2) is 0 Å². The molecule has 0 aliphatic carbocycles. The van der Waals surface area contributed by atoms with Crippen LogP contribution in [0.25, 0.3) is 0 Å². The van der Waals surface area contributed by atoms with Crippen molar-refractivity contribution < 1.29 is 25.5 Å². The first kappa shape index (κ1) is 17.9. The molecule has 0 radical (unpaired) electrons. The van der Waals surface area contributed by atoms with Gasteiger partial charge in [0, 0.05) is 6.20 Å². The van der Waals surface area contributed by atoms with Crippen LogP contribution >= 0.6 is 0 Å². The van der Waals surface area contributed by atoms with E-state index in [0.29, 0.717) is 5.69 Å². The Kier molecular flexibility index (Phi) is 7.69. The zero-order chi connectivity index (χ0) is 15.8. The van der Waals surface area contributed by atoms with E-state index in [9.17, 15) is 20.4 Å². The number of hydrogen-bond donors (Lipinski definition) is 5. The molecule has 0 amide bonds. The molecular weight excluding hydrogens is 276 g/mol. The van der Waals surface area contributed by atoms with Crippen LogP contribution in [0.1, 0.15) is 43.7 Å². The molecule has 21 heavy (non-hydrogen) atoms. The summed E-state index contributed by atoms with van der Waals surface area (Å²) < 4.78 is 0. The highest BCUT2D eigenvalue weighted by molar-refractivity contribution is 5.08. The molecule has 0 aromatic carbocycles. The zero-order valence-electron chi connectivity index (χ0n) is 12.1. The fraction of sp³-hybridized carbons (Fsp3) is 0.714. The quantitative estimate of drug-likeness (QED) is 0.382. The Bertz CT molecular complexity index is 418. The van der Waals surface area contributed by atoms with Gasteiger partial charge in [-0.3, -0.25) is 9.97 Å². The summed E-state index contributed by atoms with van der Waals surface area (Å²) >= 11 is 0. The third-order valence-electron chi connectivity index (χ3n) is 3.30. The number of unbranched alkanes of at least 4 members (excludes halogenated alkanes) is 2. The van der Waals surface area contributed by atoms with Crippen molar-refractivity contribution in [3.63, 3.8) is 0 Å². The maximum absolute atomic E-state index is 9.99. The van der Waals surface area contributed by atoms with E-state index in [4.69, 9.17) is 5.11 Å². The van der Waals surface area contributed by atoms with Gasteiger partial charge in [-0.05, 0) is 12.8 Å². The van der Waals surface area contributed by atoms with Gasteiger partial charge in [-0.1, -0.05) is 19.8 Å². The number of aliphatic hydroxyl groups is 5. The van der Waals surface area contributed by atoms with Crippen molar-refractivity contribution in [2.75, 3.05) is 6.61 Å². The molecule has 1 heterocycles. The molecule has 1 rings (SSSR count). The van der Waals surface area contributed by atoms with Gasteiger partial charge in [0.2, 0.25) is 0 Å². The Balaban J connectivity index is 2.72. The minimum absolute atomic E-state index is 0.126. The average Bonchev–Trinajstić information content (AvgIpc) is 2.52. The first-order valence-corrected chi connectivity index (χ1v) is 7.15. The SMILES string of the molecule is CCCCCc1cncc([C@@H](O)[C@H](O)[C@H](O)[C@H](O)CO)n1. The van der Waals surface area contributed by atoms with Gasteiger partial charge in [-0.2, -0.15) is 0 Å². The summed E-state index contributed by atoms with van der Waals surface area (Å²) in [6, 6.07) is 0. The van der Waals surface area contributed by atoms with Crippen LogP contribution in [-0.4, -0.2) is 60.4 Å². The summed E-state index contributed by atoms with van der Waals surface area (Å²) in [4.78, 5) is 8.17. The lowest BCUT2D eigenvalue weighted by molar-refractivity contribution is -0.117. The minimum Gasteiger partial charge on any atom is -0.394 e. The molecule has 1 aromatic rings. The molecule has 0 unspecified atom stereocenters.